The highest BCUT2D eigenvalue weighted by molar-refractivity contribution is 14.1. The minimum atomic E-state index is -2.65. The van der Waals surface area contributed by atoms with Gasteiger partial charge in [0.25, 0.3) is 6.43 Å². The van der Waals surface area contributed by atoms with Crippen LogP contribution in [0.25, 0.3) is 0 Å². The second-order valence-electron chi connectivity index (χ2n) is 2.11. The Morgan fingerprint density at radius 3 is 2.54 bits per heavy atom. The molecule has 0 fully saturated rings. The molecular formula is C6H3F2IN2O2. The van der Waals surface area contributed by atoms with E-state index in [1.807, 2.05) is 0 Å². The Kier molecular flexibility index (Phi) is 3.07. The molecule has 0 N–H and O–H groups in total. The molecule has 4 nitrogen and oxygen atoms in total. The van der Waals surface area contributed by atoms with E-state index in [0.717, 1.165) is 12.1 Å². The number of pyridine rings is 1. The summed E-state index contributed by atoms with van der Waals surface area (Å²) in [6.45, 7) is 0. The van der Waals surface area contributed by atoms with Crippen LogP contribution >= 0.6 is 22.6 Å². The highest BCUT2D eigenvalue weighted by Gasteiger charge is 2.18. The molecule has 1 rings (SSSR count). The number of nitrogens with zero attached hydrogens (tertiary/aromatic N) is 2. The molecule has 0 amide bonds. The quantitative estimate of drug-likeness (QED) is 0.365. The van der Waals surface area contributed by atoms with Crippen molar-refractivity contribution >= 4 is 28.4 Å². The maximum Gasteiger partial charge on any atom is 0.364 e. The SMILES string of the molecule is O=[N+]([O-])c1ccc(C(F)F)c(I)n1. The molecule has 0 saturated heterocycles. The van der Waals surface area contributed by atoms with Gasteiger partial charge in [-0.1, -0.05) is 0 Å². The zero-order valence-corrected chi connectivity index (χ0v) is 8.23. The van der Waals surface area contributed by atoms with Crippen LogP contribution in [0, 0.1) is 13.8 Å². The van der Waals surface area contributed by atoms with Crippen molar-refractivity contribution in [1.29, 1.82) is 0 Å². The fourth-order valence-corrected chi connectivity index (χ4v) is 1.36. The summed E-state index contributed by atoms with van der Waals surface area (Å²) in [4.78, 5) is 12.9. The van der Waals surface area contributed by atoms with Gasteiger partial charge >= 0.3 is 5.82 Å². The molecule has 0 saturated carbocycles. The average molecular weight is 300 g/mol. The molecule has 1 aromatic heterocycles. The van der Waals surface area contributed by atoms with Crippen molar-refractivity contribution in [2.24, 2.45) is 0 Å². The van der Waals surface area contributed by atoms with Crippen LogP contribution in [0.4, 0.5) is 14.6 Å². The minimum Gasteiger partial charge on any atom is -0.358 e. The lowest BCUT2D eigenvalue weighted by molar-refractivity contribution is -0.389. The summed E-state index contributed by atoms with van der Waals surface area (Å²) in [6, 6.07) is 1.97. The first-order valence-electron chi connectivity index (χ1n) is 3.11. The van der Waals surface area contributed by atoms with Gasteiger partial charge in [-0.2, -0.15) is 0 Å². The largest absolute Gasteiger partial charge is 0.364 e. The molecule has 0 aromatic carbocycles. The summed E-state index contributed by atoms with van der Waals surface area (Å²) >= 11 is 1.54. The molecule has 0 spiro atoms. The number of alkyl halides is 2. The Labute approximate surface area is 85.3 Å². The normalized spacial score (nSPS) is 10.5. The zero-order chi connectivity index (χ0) is 10.0. The Bertz CT molecular complexity index is 345. The van der Waals surface area contributed by atoms with Crippen molar-refractivity contribution in [3.63, 3.8) is 0 Å². The zero-order valence-electron chi connectivity index (χ0n) is 6.08. The first-order valence-corrected chi connectivity index (χ1v) is 4.19. The highest BCUT2D eigenvalue weighted by Crippen LogP contribution is 2.24. The van der Waals surface area contributed by atoms with Crippen LogP contribution in [-0.4, -0.2) is 9.91 Å². The number of hydrogen-bond acceptors (Lipinski definition) is 3. The van der Waals surface area contributed by atoms with Gasteiger partial charge in [0, 0.05) is 28.7 Å². The van der Waals surface area contributed by atoms with Crippen LogP contribution in [0.15, 0.2) is 12.1 Å². The van der Waals surface area contributed by atoms with Gasteiger partial charge in [-0.3, -0.25) is 0 Å². The van der Waals surface area contributed by atoms with E-state index in [0.29, 0.717) is 0 Å². The third-order valence-electron chi connectivity index (χ3n) is 1.29. The molecule has 13 heavy (non-hydrogen) atoms. The topological polar surface area (TPSA) is 56.0 Å². The van der Waals surface area contributed by atoms with E-state index >= 15 is 0 Å². The van der Waals surface area contributed by atoms with Gasteiger partial charge < -0.3 is 10.1 Å². The van der Waals surface area contributed by atoms with E-state index in [1.165, 1.54) is 22.6 Å². The summed E-state index contributed by atoms with van der Waals surface area (Å²) < 4.78 is 24.3. The van der Waals surface area contributed by atoms with Gasteiger partial charge in [-0.25, -0.2) is 8.78 Å². The molecular weight excluding hydrogens is 297 g/mol. The van der Waals surface area contributed by atoms with E-state index in [4.69, 9.17) is 0 Å². The monoisotopic (exact) mass is 300 g/mol. The fourth-order valence-electron chi connectivity index (χ4n) is 0.700. The Morgan fingerprint density at radius 2 is 2.15 bits per heavy atom. The lowest BCUT2D eigenvalue weighted by Crippen LogP contribution is -1.97. The smallest absolute Gasteiger partial charge is 0.358 e. The van der Waals surface area contributed by atoms with Gasteiger partial charge in [0.2, 0.25) is 3.70 Å². The first kappa shape index (κ1) is 10.2. The van der Waals surface area contributed by atoms with Crippen LogP contribution in [-0.2, 0) is 0 Å². The second-order valence-corrected chi connectivity index (χ2v) is 3.13. The molecule has 0 aliphatic carbocycles. The first-order chi connectivity index (χ1) is 6.02. The van der Waals surface area contributed by atoms with Crippen molar-refractivity contribution in [3.8, 4) is 0 Å². The van der Waals surface area contributed by atoms with E-state index in [9.17, 15) is 18.9 Å². The van der Waals surface area contributed by atoms with Crippen molar-refractivity contribution in [2.75, 3.05) is 0 Å². The summed E-state index contributed by atoms with van der Waals surface area (Å²) in [7, 11) is 0. The molecule has 0 aliphatic heterocycles. The van der Waals surface area contributed by atoms with Gasteiger partial charge in [-0.05, 0) is 16.0 Å². The van der Waals surface area contributed by atoms with Gasteiger partial charge in [0.05, 0.1) is 5.56 Å². The summed E-state index contributed by atoms with van der Waals surface area (Å²) in [5.41, 5.74) is -0.286. The van der Waals surface area contributed by atoms with Crippen molar-refractivity contribution in [3.05, 3.63) is 31.5 Å². The maximum absolute atomic E-state index is 12.1. The molecule has 0 bridgehead atoms. The molecule has 0 atom stereocenters. The second kappa shape index (κ2) is 3.90. The lowest BCUT2D eigenvalue weighted by atomic mass is 10.3. The van der Waals surface area contributed by atoms with Crippen LogP contribution in [0.2, 0.25) is 0 Å². The molecule has 7 heteroatoms. The van der Waals surface area contributed by atoms with Gasteiger partial charge in [0.1, 0.15) is 0 Å². The minimum absolute atomic E-state index is 0.0400. The third-order valence-corrected chi connectivity index (χ3v) is 2.15. The summed E-state index contributed by atoms with van der Waals surface area (Å²) in [5.74, 6) is -0.422. The van der Waals surface area contributed by atoms with Gasteiger partial charge in [-0.15, -0.1) is 0 Å². The predicted octanol–water partition coefficient (Wildman–Crippen LogP) is 2.53. The number of aromatic nitrogens is 1. The maximum atomic E-state index is 12.1. The third kappa shape index (κ3) is 2.29. The van der Waals surface area contributed by atoms with Crippen LogP contribution in [0.3, 0.4) is 0 Å². The van der Waals surface area contributed by atoms with Gasteiger partial charge in [0.15, 0.2) is 0 Å². The Morgan fingerprint density at radius 1 is 1.54 bits per heavy atom. The molecule has 1 aromatic rings. The van der Waals surface area contributed by atoms with Crippen molar-refractivity contribution < 1.29 is 13.7 Å². The molecule has 1 heterocycles. The average Bonchev–Trinajstić information content (AvgIpc) is 2.03. The summed E-state index contributed by atoms with van der Waals surface area (Å²) in [6.07, 6.45) is -2.65. The standard InChI is InChI=1S/C6H3F2IN2O2/c7-5(8)3-1-2-4(11(12)13)10-6(3)9/h1-2,5H. The summed E-state index contributed by atoms with van der Waals surface area (Å²) in [5, 5.41) is 10.2. The van der Waals surface area contributed by atoms with E-state index in [1.54, 1.807) is 0 Å². The van der Waals surface area contributed by atoms with Crippen molar-refractivity contribution in [1.82, 2.24) is 4.98 Å². The molecule has 0 aliphatic rings. The fraction of sp³-hybridized carbons (Fsp3) is 0.167. The number of hydrogen-bond donors (Lipinski definition) is 0. The van der Waals surface area contributed by atoms with E-state index in [2.05, 4.69) is 4.98 Å². The molecule has 0 unspecified atom stereocenters. The number of rotatable bonds is 2. The van der Waals surface area contributed by atoms with E-state index < -0.39 is 17.2 Å². The predicted molar refractivity (Wildman–Crippen MR) is 48.6 cm³/mol. The van der Waals surface area contributed by atoms with Crippen LogP contribution in [0.1, 0.15) is 12.0 Å². The Balaban J connectivity index is 3.13. The van der Waals surface area contributed by atoms with Crippen LogP contribution in [0.5, 0.6) is 0 Å². The number of nitro groups is 1. The van der Waals surface area contributed by atoms with Crippen molar-refractivity contribution in [2.45, 2.75) is 6.43 Å². The molecule has 0 radical (unpaired) electrons. The Hall–Kier alpha value is -0.860. The highest BCUT2D eigenvalue weighted by atomic mass is 127. The van der Waals surface area contributed by atoms with Crippen LogP contribution < -0.4 is 0 Å². The lowest BCUT2D eigenvalue weighted by Gasteiger charge is -1.98. The van der Waals surface area contributed by atoms with E-state index in [-0.39, 0.29) is 9.26 Å². The molecule has 70 valence electrons. The number of halogens is 3.